The highest BCUT2D eigenvalue weighted by molar-refractivity contribution is 5.84. The van der Waals surface area contributed by atoms with Gasteiger partial charge in [-0.05, 0) is 19.8 Å². The van der Waals surface area contributed by atoms with Crippen LogP contribution in [-0.2, 0) is 14.3 Å². The largest absolute Gasteiger partial charge is 0.480 e. The van der Waals surface area contributed by atoms with Crippen molar-refractivity contribution in [1.82, 2.24) is 5.32 Å². The number of carboxylic acid groups (broad SMARTS) is 1. The van der Waals surface area contributed by atoms with Crippen molar-refractivity contribution in [2.45, 2.75) is 32.7 Å². The standard InChI is InChI=1S/C11H19NO4/c1-3-5-6-9(11(14)15)12-10(13)8-16-7-4-2/h3,5,9H,4,6-8H2,1-2H3,(H,12,13)(H,14,15)/b5-3+. The molecular formula is C11H19NO4. The Morgan fingerprint density at radius 3 is 2.69 bits per heavy atom. The molecule has 0 rings (SSSR count). The van der Waals surface area contributed by atoms with Crippen molar-refractivity contribution in [3.8, 4) is 0 Å². The summed E-state index contributed by atoms with van der Waals surface area (Å²) in [5.74, 6) is -1.44. The predicted molar refractivity (Wildman–Crippen MR) is 60.1 cm³/mol. The van der Waals surface area contributed by atoms with Gasteiger partial charge in [-0.3, -0.25) is 4.79 Å². The molecule has 1 atom stereocenters. The molecule has 0 aliphatic carbocycles. The molecule has 0 aliphatic rings. The van der Waals surface area contributed by atoms with Crippen molar-refractivity contribution < 1.29 is 19.4 Å². The van der Waals surface area contributed by atoms with E-state index in [0.717, 1.165) is 6.42 Å². The first-order chi connectivity index (χ1) is 7.61. The molecule has 0 aromatic rings. The number of allylic oxidation sites excluding steroid dienone is 1. The summed E-state index contributed by atoms with van der Waals surface area (Å²) in [5, 5.41) is 11.2. The van der Waals surface area contributed by atoms with Crippen LogP contribution in [0.1, 0.15) is 26.7 Å². The van der Waals surface area contributed by atoms with E-state index in [4.69, 9.17) is 9.84 Å². The second-order valence-corrected chi connectivity index (χ2v) is 3.32. The van der Waals surface area contributed by atoms with Gasteiger partial charge in [0.25, 0.3) is 0 Å². The number of hydrogen-bond donors (Lipinski definition) is 2. The van der Waals surface area contributed by atoms with E-state index in [1.54, 1.807) is 19.1 Å². The van der Waals surface area contributed by atoms with E-state index in [9.17, 15) is 9.59 Å². The Labute approximate surface area is 95.5 Å². The van der Waals surface area contributed by atoms with Crippen LogP contribution in [0, 0.1) is 0 Å². The molecule has 2 N–H and O–H groups in total. The molecule has 0 aliphatic heterocycles. The summed E-state index contributed by atoms with van der Waals surface area (Å²) in [5.41, 5.74) is 0. The summed E-state index contributed by atoms with van der Waals surface area (Å²) in [6.07, 6.45) is 4.56. The number of amides is 1. The number of rotatable bonds is 8. The molecule has 5 heteroatoms. The lowest BCUT2D eigenvalue weighted by molar-refractivity contribution is -0.142. The van der Waals surface area contributed by atoms with Gasteiger partial charge in [0.15, 0.2) is 0 Å². The van der Waals surface area contributed by atoms with Crippen LogP contribution in [0.4, 0.5) is 0 Å². The van der Waals surface area contributed by atoms with E-state index < -0.39 is 17.9 Å². The second-order valence-electron chi connectivity index (χ2n) is 3.32. The number of aliphatic carboxylic acids is 1. The smallest absolute Gasteiger partial charge is 0.326 e. The Hall–Kier alpha value is -1.36. The summed E-state index contributed by atoms with van der Waals surface area (Å²) in [6.45, 7) is 4.14. The lowest BCUT2D eigenvalue weighted by Gasteiger charge is -2.12. The number of carboxylic acids is 1. The van der Waals surface area contributed by atoms with Gasteiger partial charge in [0.2, 0.25) is 5.91 Å². The van der Waals surface area contributed by atoms with Crippen molar-refractivity contribution in [2.24, 2.45) is 0 Å². The number of carbonyl (C=O) groups excluding carboxylic acids is 1. The van der Waals surface area contributed by atoms with Gasteiger partial charge in [-0.15, -0.1) is 0 Å². The van der Waals surface area contributed by atoms with Crippen molar-refractivity contribution >= 4 is 11.9 Å². The zero-order chi connectivity index (χ0) is 12.4. The van der Waals surface area contributed by atoms with Crippen molar-refractivity contribution in [2.75, 3.05) is 13.2 Å². The zero-order valence-electron chi connectivity index (χ0n) is 9.73. The minimum Gasteiger partial charge on any atom is -0.480 e. The first-order valence-corrected chi connectivity index (χ1v) is 5.32. The quantitative estimate of drug-likeness (QED) is 0.480. The number of nitrogens with one attached hydrogen (secondary N) is 1. The topological polar surface area (TPSA) is 75.6 Å². The third kappa shape index (κ3) is 7.00. The first kappa shape index (κ1) is 14.6. The molecule has 5 nitrogen and oxygen atoms in total. The van der Waals surface area contributed by atoms with Gasteiger partial charge in [0.1, 0.15) is 12.6 Å². The van der Waals surface area contributed by atoms with Crippen LogP contribution in [0.25, 0.3) is 0 Å². The van der Waals surface area contributed by atoms with E-state index in [-0.39, 0.29) is 13.0 Å². The molecule has 0 saturated carbocycles. The molecule has 16 heavy (non-hydrogen) atoms. The maximum Gasteiger partial charge on any atom is 0.326 e. The highest BCUT2D eigenvalue weighted by atomic mass is 16.5. The zero-order valence-corrected chi connectivity index (χ0v) is 9.73. The Balaban J connectivity index is 3.98. The summed E-state index contributed by atoms with van der Waals surface area (Å²) < 4.78 is 5.01. The van der Waals surface area contributed by atoms with Crippen molar-refractivity contribution in [1.29, 1.82) is 0 Å². The van der Waals surface area contributed by atoms with Gasteiger partial charge < -0.3 is 15.2 Å². The lowest BCUT2D eigenvalue weighted by atomic mass is 10.2. The van der Waals surface area contributed by atoms with Gasteiger partial charge in [-0.2, -0.15) is 0 Å². The number of carbonyl (C=O) groups is 2. The minimum atomic E-state index is -1.04. The maximum atomic E-state index is 11.3. The Morgan fingerprint density at radius 2 is 2.19 bits per heavy atom. The fourth-order valence-electron chi connectivity index (χ4n) is 1.04. The number of hydrogen-bond acceptors (Lipinski definition) is 3. The average molecular weight is 229 g/mol. The van der Waals surface area contributed by atoms with Gasteiger partial charge in [0, 0.05) is 6.61 Å². The Morgan fingerprint density at radius 1 is 1.50 bits per heavy atom. The molecule has 1 unspecified atom stereocenters. The molecule has 0 heterocycles. The highest BCUT2D eigenvalue weighted by Gasteiger charge is 2.17. The molecule has 0 aromatic heterocycles. The van der Waals surface area contributed by atoms with Gasteiger partial charge in [-0.1, -0.05) is 19.1 Å². The second kappa shape index (κ2) is 8.91. The molecule has 0 spiro atoms. The van der Waals surface area contributed by atoms with Crippen LogP contribution in [-0.4, -0.2) is 36.2 Å². The Bertz CT molecular complexity index is 250. The minimum absolute atomic E-state index is 0.0898. The molecule has 0 bridgehead atoms. The van der Waals surface area contributed by atoms with Crippen LogP contribution in [0.15, 0.2) is 12.2 Å². The molecule has 0 saturated heterocycles. The van der Waals surface area contributed by atoms with Gasteiger partial charge >= 0.3 is 5.97 Å². The monoisotopic (exact) mass is 229 g/mol. The fraction of sp³-hybridized carbons (Fsp3) is 0.636. The van der Waals surface area contributed by atoms with E-state index in [0.29, 0.717) is 6.61 Å². The molecule has 0 radical (unpaired) electrons. The van der Waals surface area contributed by atoms with Crippen LogP contribution in [0.5, 0.6) is 0 Å². The molecule has 0 aromatic carbocycles. The fourth-order valence-corrected chi connectivity index (χ4v) is 1.04. The van der Waals surface area contributed by atoms with Crippen LogP contribution in [0.2, 0.25) is 0 Å². The highest BCUT2D eigenvalue weighted by Crippen LogP contribution is 1.94. The lowest BCUT2D eigenvalue weighted by Crippen LogP contribution is -2.42. The molecular weight excluding hydrogens is 210 g/mol. The van der Waals surface area contributed by atoms with E-state index in [2.05, 4.69) is 5.32 Å². The normalized spacial score (nSPS) is 12.6. The average Bonchev–Trinajstić information content (AvgIpc) is 2.24. The van der Waals surface area contributed by atoms with Crippen LogP contribution < -0.4 is 5.32 Å². The summed E-state index contributed by atoms with van der Waals surface area (Å²) in [6, 6.07) is -0.881. The van der Waals surface area contributed by atoms with E-state index in [1.807, 2.05) is 6.92 Å². The first-order valence-electron chi connectivity index (χ1n) is 5.32. The predicted octanol–water partition coefficient (Wildman–Crippen LogP) is 0.949. The summed E-state index contributed by atoms with van der Waals surface area (Å²) in [4.78, 5) is 22.1. The van der Waals surface area contributed by atoms with Crippen LogP contribution in [0.3, 0.4) is 0 Å². The third-order valence-corrected chi connectivity index (χ3v) is 1.82. The SMILES string of the molecule is C/C=C/CC(NC(=O)COCCC)C(=O)O. The van der Waals surface area contributed by atoms with Crippen molar-refractivity contribution in [3.63, 3.8) is 0 Å². The molecule has 1 amide bonds. The molecule has 92 valence electrons. The van der Waals surface area contributed by atoms with Crippen LogP contribution >= 0.6 is 0 Å². The maximum absolute atomic E-state index is 11.3. The molecule has 0 fully saturated rings. The van der Waals surface area contributed by atoms with Gasteiger partial charge in [-0.25, -0.2) is 4.79 Å². The third-order valence-electron chi connectivity index (χ3n) is 1.82. The number of ether oxygens (including phenoxy) is 1. The van der Waals surface area contributed by atoms with E-state index >= 15 is 0 Å². The van der Waals surface area contributed by atoms with E-state index in [1.165, 1.54) is 0 Å². The summed E-state index contributed by atoms with van der Waals surface area (Å²) >= 11 is 0. The van der Waals surface area contributed by atoms with Crippen molar-refractivity contribution in [3.05, 3.63) is 12.2 Å². The summed E-state index contributed by atoms with van der Waals surface area (Å²) in [7, 11) is 0. The Kier molecular flexibility index (Phi) is 8.15. The van der Waals surface area contributed by atoms with Gasteiger partial charge in [0.05, 0.1) is 0 Å².